The molecular weight excluding hydrogens is 248 g/mol. The smallest absolute Gasteiger partial charge is 0.212 e. The minimum absolute atomic E-state index is 0.0132. The van der Waals surface area contributed by atoms with Gasteiger partial charge in [-0.25, -0.2) is 13.1 Å². The van der Waals surface area contributed by atoms with E-state index in [0.29, 0.717) is 13.0 Å². The summed E-state index contributed by atoms with van der Waals surface area (Å²) >= 11 is 0. The number of nitrogens with two attached hydrogens (primary N) is 1. The zero-order valence-corrected chi connectivity index (χ0v) is 11.8. The van der Waals surface area contributed by atoms with Gasteiger partial charge in [0.1, 0.15) is 0 Å². The van der Waals surface area contributed by atoms with E-state index >= 15 is 0 Å². The van der Waals surface area contributed by atoms with Crippen molar-refractivity contribution < 1.29 is 8.42 Å². The first-order valence-electron chi connectivity index (χ1n) is 6.18. The third-order valence-corrected chi connectivity index (χ3v) is 4.34. The third-order valence-electron chi connectivity index (χ3n) is 2.76. The average molecular weight is 270 g/mol. The highest BCUT2D eigenvalue weighted by Gasteiger charge is 2.16. The second-order valence-corrected chi connectivity index (χ2v) is 6.60. The predicted molar refractivity (Wildman–Crippen MR) is 74.9 cm³/mol. The number of benzene rings is 1. The first kappa shape index (κ1) is 15.1. The molecule has 0 radical (unpaired) electrons. The van der Waals surface area contributed by atoms with Crippen LogP contribution in [0.3, 0.4) is 0 Å². The summed E-state index contributed by atoms with van der Waals surface area (Å²) < 4.78 is 26.3. The van der Waals surface area contributed by atoms with E-state index in [1.54, 1.807) is 0 Å². The van der Waals surface area contributed by atoms with Crippen molar-refractivity contribution in [3.8, 4) is 0 Å². The van der Waals surface area contributed by atoms with Gasteiger partial charge in [-0.15, -0.1) is 0 Å². The molecular formula is C13H22N2O2S. The highest BCUT2D eigenvalue weighted by Crippen LogP contribution is 2.16. The van der Waals surface area contributed by atoms with E-state index in [4.69, 9.17) is 5.73 Å². The lowest BCUT2D eigenvalue weighted by atomic mass is 10.0. The lowest BCUT2D eigenvalue weighted by molar-refractivity contribution is 0.567. The van der Waals surface area contributed by atoms with Crippen molar-refractivity contribution in [2.24, 2.45) is 5.73 Å². The zero-order chi connectivity index (χ0) is 13.6. The summed E-state index contributed by atoms with van der Waals surface area (Å²) in [6.07, 6.45) is 0.652. The fraction of sp³-hybridized carbons (Fsp3) is 0.538. The van der Waals surface area contributed by atoms with Crippen LogP contribution in [0.5, 0.6) is 0 Å². The first-order chi connectivity index (χ1) is 8.41. The average Bonchev–Trinajstić information content (AvgIpc) is 2.28. The van der Waals surface area contributed by atoms with Gasteiger partial charge in [-0.3, -0.25) is 0 Å². The van der Waals surface area contributed by atoms with Crippen molar-refractivity contribution in [3.05, 3.63) is 35.9 Å². The molecule has 0 aliphatic carbocycles. The van der Waals surface area contributed by atoms with Gasteiger partial charge in [-0.2, -0.15) is 0 Å². The number of hydrogen-bond donors (Lipinski definition) is 2. The van der Waals surface area contributed by atoms with E-state index in [-0.39, 0.29) is 17.7 Å². The summed E-state index contributed by atoms with van der Waals surface area (Å²) in [5.74, 6) is 0.0923. The summed E-state index contributed by atoms with van der Waals surface area (Å²) in [5.41, 5.74) is 6.62. The van der Waals surface area contributed by atoms with Crippen LogP contribution in [0.2, 0.25) is 0 Å². The Morgan fingerprint density at radius 2 is 1.83 bits per heavy atom. The van der Waals surface area contributed by atoms with Crippen molar-refractivity contribution in [1.29, 1.82) is 0 Å². The summed E-state index contributed by atoms with van der Waals surface area (Å²) in [7, 11) is -3.23. The summed E-state index contributed by atoms with van der Waals surface area (Å²) in [4.78, 5) is 0. The number of nitrogens with one attached hydrogen (secondary N) is 1. The fourth-order valence-corrected chi connectivity index (χ4v) is 3.11. The van der Waals surface area contributed by atoms with Crippen LogP contribution in [-0.4, -0.2) is 26.8 Å². The normalized spacial score (nSPS) is 15.3. The van der Waals surface area contributed by atoms with Crippen molar-refractivity contribution in [2.45, 2.75) is 32.2 Å². The lowest BCUT2D eigenvalue weighted by Gasteiger charge is -2.13. The fourth-order valence-electron chi connectivity index (χ4n) is 1.71. The molecule has 1 aromatic carbocycles. The van der Waals surface area contributed by atoms with Gasteiger partial charge in [0.25, 0.3) is 0 Å². The Hall–Kier alpha value is -0.910. The molecule has 0 heterocycles. The van der Waals surface area contributed by atoms with Gasteiger partial charge in [0.05, 0.1) is 5.75 Å². The monoisotopic (exact) mass is 270 g/mol. The van der Waals surface area contributed by atoms with Gasteiger partial charge in [0.2, 0.25) is 10.0 Å². The maximum absolute atomic E-state index is 11.8. The second-order valence-electron chi connectivity index (χ2n) is 4.75. The molecule has 1 aromatic rings. The van der Waals surface area contributed by atoms with Gasteiger partial charge in [0, 0.05) is 12.6 Å². The quantitative estimate of drug-likeness (QED) is 0.787. The number of rotatable bonds is 7. The largest absolute Gasteiger partial charge is 0.328 e. The van der Waals surface area contributed by atoms with Crippen molar-refractivity contribution in [3.63, 3.8) is 0 Å². The van der Waals surface area contributed by atoms with Crippen LogP contribution in [0.4, 0.5) is 0 Å². The van der Waals surface area contributed by atoms with E-state index in [2.05, 4.69) is 4.72 Å². The van der Waals surface area contributed by atoms with Crippen LogP contribution in [-0.2, 0) is 10.0 Å². The number of hydrogen-bond acceptors (Lipinski definition) is 3. The molecule has 102 valence electrons. The molecule has 0 bridgehead atoms. The van der Waals surface area contributed by atoms with Crippen LogP contribution in [0.25, 0.3) is 0 Å². The maximum atomic E-state index is 11.8. The minimum atomic E-state index is -3.23. The van der Waals surface area contributed by atoms with Crippen LogP contribution in [0, 0.1) is 0 Å². The summed E-state index contributed by atoms with van der Waals surface area (Å²) in [6.45, 7) is 4.18. The molecule has 0 spiro atoms. The Morgan fingerprint density at radius 1 is 1.22 bits per heavy atom. The Balaban J connectivity index is 2.50. The second kappa shape index (κ2) is 6.87. The minimum Gasteiger partial charge on any atom is -0.328 e. The number of sulfonamides is 1. The molecule has 2 unspecified atom stereocenters. The molecule has 0 aliphatic rings. The van der Waals surface area contributed by atoms with E-state index in [1.807, 2.05) is 44.2 Å². The van der Waals surface area contributed by atoms with Gasteiger partial charge >= 0.3 is 0 Å². The van der Waals surface area contributed by atoms with Crippen LogP contribution in [0.15, 0.2) is 30.3 Å². The SMILES string of the molecule is CC(N)CCNS(=O)(=O)CC(C)c1ccccc1. The molecule has 4 nitrogen and oxygen atoms in total. The molecule has 3 N–H and O–H groups in total. The predicted octanol–water partition coefficient (Wildman–Crippen LogP) is 1.45. The molecule has 0 fully saturated rings. The van der Waals surface area contributed by atoms with E-state index < -0.39 is 10.0 Å². The van der Waals surface area contributed by atoms with Crippen molar-refractivity contribution in [1.82, 2.24) is 4.72 Å². The van der Waals surface area contributed by atoms with Crippen LogP contribution in [0.1, 0.15) is 31.7 Å². The van der Waals surface area contributed by atoms with E-state index in [9.17, 15) is 8.42 Å². The molecule has 0 amide bonds. The standard InChI is InChI=1S/C13H22N2O2S/c1-11(13-6-4-3-5-7-13)10-18(16,17)15-9-8-12(2)14/h3-7,11-12,15H,8-10,14H2,1-2H3. The zero-order valence-electron chi connectivity index (χ0n) is 11.0. The summed E-state index contributed by atoms with van der Waals surface area (Å²) in [6, 6.07) is 9.67. The van der Waals surface area contributed by atoms with E-state index in [0.717, 1.165) is 5.56 Å². The topological polar surface area (TPSA) is 72.2 Å². The molecule has 1 rings (SSSR count). The maximum Gasteiger partial charge on any atom is 0.212 e. The van der Waals surface area contributed by atoms with Crippen LogP contribution < -0.4 is 10.5 Å². The highest BCUT2D eigenvalue weighted by molar-refractivity contribution is 7.89. The molecule has 0 aliphatic heterocycles. The van der Waals surface area contributed by atoms with Crippen molar-refractivity contribution >= 4 is 10.0 Å². The van der Waals surface area contributed by atoms with Crippen LogP contribution >= 0.6 is 0 Å². The highest BCUT2D eigenvalue weighted by atomic mass is 32.2. The Kier molecular flexibility index (Phi) is 5.78. The van der Waals surface area contributed by atoms with Crippen molar-refractivity contribution in [2.75, 3.05) is 12.3 Å². The lowest BCUT2D eigenvalue weighted by Crippen LogP contribution is -2.32. The Morgan fingerprint density at radius 3 is 2.39 bits per heavy atom. The van der Waals surface area contributed by atoms with Gasteiger partial charge in [0.15, 0.2) is 0 Å². The Bertz CT molecular complexity index is 443. The molecule has 0 aromatic heterocycles. The van der Waals surface area contributed by atoms with E-state index in [1.165, 1.54) is 0 Å². The van der Waals surface area contributed by atoms with Gasteiger partial charge in [-0.1, -0.05) is 37.3 Å². The van der Waals surface area contributed by atoms with Gasteiger partial charge in [-0.05, 0) is 24.8 Å². The Labute approximate surface area is 110 Å². The molecule has 5 heteroatoms. The van der Waals surface area contributed by atoms with Gasteiger partial charge < -0.3 is 5.73 Å². The first-order valence-corrected chi connectivity index (χ1v) is 7.84. The molecule has 0 saturated carbocycles. The molecule has 0 saturated heterocycles. The molecule has 18 heavy (non-hydrogen) atoms. The summed E-state index contributed by atoms with van der Waals surface area (Å²) in [5, 5.41) is 0. The third kappa shape index (κ3) is 5.62. The molecule has 2 atom stereocenters.